The second kappa shape index (κ2) is 8.43. The van der Waals surface area contributed by atoms with Gasteiger partial charge in [-0.05, 0) is 31.2 Å². The van der Waals surface area contributed by atoms with Crippen LogP contribution in [0, 0.1) is 24.0 Å². The maximum atomic E-state index is 16.2. The van der Waals surface area contributed by atoms with Crippen molar-refractivity contribution in [3.63, 3.8) is 0 Å². The number of nitrogens with zero attached hydrogens (tertiary/aromatic N) is 4. The molecular weight excluding hydrogens is 448 g/mol. The lowest BCUT2D eigenvalue weighted by molar-refractivity contribution is 0.313. The second-order valence-corrected chi connectivity index (χ2v) is 8.96. The molecule has 6 rings (SSSR count). The van der Waals surface area contributed by atoms with Crippen LogP contribution in [0.1, 0.15) is 25.3 Å². The van der Waals surface area contributed by atoms with Crippen molar-refractivity contribution >= 4 is 27.5 Å². The van der Waals surface area contributed by atoms with Gasteiger partial charge in [0.2, 0.25) is 0 Å². The minimum absolute atomic E-state index is 0.0534. The number of hydrogen-bond acceptors (Lipinski definition) is 6. The van der Waals surface area contributed by atoms with Crippen molar-refractivity contribution in [1.29, 1.82) is 0 Å². The zero-order chi connectivity index (χ0) is 24.1. The molecule has 8 heteroatoms. The molecule has 0 radical (unpaired) electrons. The number of hydrogen-bond donors (Lipinski definition) is 1. The highest BCUT2D eigenvalue weighted by molar-refractivity contribution is 6.02. The molecule has 176 valence electrons. The number of piperazine rings is 1. The van der Waals surface area contributed by atoms with Crippen molar-refractivity contribution in [2.75, 3.05) is 24.6 Å². The molecule has 35 heavy (non-hydrogen) atoms. The average Bonchev–Trinajstić information content (AvgIpc) is 3.21. The van der Waals surface area contributed by atoms with Gasteiger partial charge >= 0.3 is 6.01 Å². The van der Waals surface area contributed by atoms with E-state index in [2.05, 4.69) is 31.1 Å². The molecule has 2 aromatic heterocycles. The molecule has 0 spiro atoms. The first kappa shape index (κ1) is 21.7. The van der Waals surface area contributed by atoms with Gasteiger partial charge in [-0.15, -0.1) is 6.42 Å². The summed E-state index contributed by atoms with van der Waals surface area (Å²) in [7, 11) is 0. The standard InChI is InChI=1S/C27H23F2N5O/c1-3-18-21(28)11-8-15-6-5-7-19(22(15)18)24-23(29)25-20(12-30-24)26(33-27(32-25)35-4-2)34-13-16-9-10-17(14-34)31-16/h1,5-8,11-12,16-17,31H,4,9-10,13-14H2,2H3. The summed E-state index contributed by atoms with van der Waals surface area (Å²) in [6.45, 7) is 3.72. The molecule has 0 aliphatic carbocycles. The van der Waals surface area contributed by atoms with Gasteiger partial charge in [0.15, 0.2) is 5.82 Å². The normalized spacial score (nSPS) is 19.3. The molecule has 0 saturated carbocycles. The molecule has 2 atom stereocenters. The summed E-state index contributed by atoms with van der Waals surface area (Å²) < 4.78 is 36.3. The van der Waals surface area contributed by atoms with Gasteiger partial charge in [0.05, 0.1) is 17.6 Å². The van der Waals surface area contributed by atoms with E-state index in [1.807, 2.05) is 13.0 Å². The molecule has 2 aliphatic rings. The Hall–Kier alpha value is -3.83. The molecular formula is C27H23F2N5O. The molecule has 1 N–H and O–H groups in total. The van der Waals surface area contributed by atoms with Crippen molar-refractivity contribution in [1.82, 2.24) is 20.3 Å². The molecule has 2 fully saturated rings. The van der Waals surface area contributed by atoms with Crippen LogP contribution in [0.25, 0.3) is 32.9 Å². The molecule has 4 heterocycles. The minimum Gasteiger partial charge on any atom is -0.464 e. The van der Waals surface area contributed by atoms with Crippen molar-refractivity contribution in [3.8, 4) is 29.6 Å². The smallest absolute Gasteiger partial charge is 0.319 e. The van der Waals surface area contributed by atoms with Crippen LogP contribution < -0.4 is 15.0 Å². The van der Waals surface area contributed by atoms with E-state index in [4.69, 9.17) is 11.2 Å². The second-order valence-electron chi connectivity index (χ2n) is 8.96. The third kappa shape index (κ3) is 3.55. The number of halogens is 2. The van der Waals surface area contributed by atoms with E-state index in [9.17, 15) is 4.39 Å². The number of benzene rings is 2. The fraction of sp³-hybridized carbons (Fsp3) is 0.296. The Morgan fingerprint density at radius 3 is 2.69 bits per heavy atom. The minimum atomic E-state index is -0.620. The number of aromatic nitrogens is 3. The number of ether oxygens (including phenoxy) is 1. The zero-order valence-electron chi connectivity index (χ0n) is 19.2. The van der Waals surface area contributed by atoms with Gasteiger partial charge in [-0.1, -0.05) is 30.2 Å². The number of anilines is 1. The highest BCUT2D eigenvalue weighted by atomic mass is 19.1. The molecule has 0 amide bonds. The molecule has 2 aromatic carbocycles. The highest BCUT2D eigenvalue weighted by Crippen LogP contribution is 2.37. The van der Waals surface area contributed by atoms with Gasteiger partial charge in [-0.3, -0.25) is 4.98 Å². The van der Waals surface area contributed by atoms with Crippen LogP contribution in [-0.2, 0) is 0 Å². The number of terminal acetylenes is 1. The molecule has 4 aromatic rings. The number of rotatable bonds is 4. The largest absolute Gasteiger partial charge is 0.464 e. The predicted octanol–water partition coefficient (Wildman–Crippen LogP) is 4.44. The van der Waals surface area contributed by atoms with Crippen LogP contribution in [0.5, 0.6) is 6.01 Å². The van der Waals surface area contributed by atoms with Gasteiger partial charge in [0.1, 0.15) is 22.8 Å². The Balaban J connectivity index is 1.57. The maximum absolute atomic E-state index is 16.2. The van der Waals surface area contributed by atoms with Gasteiger partial charge < -0.3 is 15.0 Å². The maximum Gasteiger partial charge on any atom is 0.319 e. The summed E-state index contributed by atoms with van der Waals surface area (Å²) in [6, 6.07) is 9.09. The zero-order valence-corrected chi connectivity index (χ0v) is 19.2. The van der Waals surface area contributed by atoms with E-state index in [-0.39, 0.29) is 22.8 Å². The van der Waals surface area contributed by atoms with E-state index in [0.717, 1.165) is 25.9 Å². The van der Waals surface area contributed by atoms with Crippen molar-refractivity contribution in [2.24, 2.45) is 0 Å². The van der Waals surface area contributed by atoms with Crippen molar-refractivity contribution in [3.05, 3.63) is 53.7 Å². The van der Waals surface area contributed by atoms with Gasteiger partial charge in [0.25, 0.3) is 0 Å². The fourth-order valence-corrected chi connectivity index (χ4v) is 5.31. The van der Waals surface area contributed by atoms with E-state index in [0.29, 0.717) is 46.2 Å². The van der Waals surface area contributed by atoms with Crippen LogP contribution in [0.3, 0.4) is 0 Å². The number of nitrogens with one attached hydrogen (secondary N) is 1. The quantitative estimate of drug-likeness (QED) is 0.444. The van der Waals surface area contributed by atoms with Gasteiger partial charge in [0, 0.05) is 42.3 Å². The Bertz CT molecular complexity index is 1500. The summed E-state index contributed by atoms with van der Waals surface area (Å²) in [5, 5.41) is 5.26. The summed E-state index contributed by atoms with van der Waals surface area (Å²) in [5.74, 6) is 1.87. The molecule has 2 saturated heterocycles. The summed E-state index contributed by atoms with van der Waals surface area (Å²) in [4.78, 5) is 15.7. The third-order valence-corrected chi connectivity index (χ3v) is 6.83. The van der Waals surface area contributed by atoms with E-state index in [1.54, 1.807) is 24.4 Å². The fourth-order valence-electron chi connectivity index (χ4n) is 5.31. The predicted molar refractivity (Wildman–Crippen MR) is 131 cm³/mol. The lowest BCUT2D eigenvalue weighted by Gasteiger charge is -2.34. The van der Waals surface area contributed by atoms with Gasteiger partial charge in [-0.25, -0.2) is 8.78 Å². The first-order valence-corrected chi connectivity index (χ1v) is 11.8. The van der Waals surface area contributed by atoms with E-state index in [1.165, 1.54) is 6.07 Å². The highest BCUT2D eigenvalue weighted by Gasteiger charge is 2.34. The van der Waals surface area contributed by atoms with E-state index < -0.39 is 11.6 Å². The first-order chi connectivity index (χ1) is 17.1. The van der Waals surface area contributed by atoms with Crippen LogP contribution in [0.15, 0.2) is 36.5 Å². The van der Waals surface area contributed by atoms with Crippen LogP contribution >= 0.6 is 0 Å². The third-order valence-electron chi connectivity index (χ3n) is 6.83. The Kier molecular flexibility index (Phi) is 5.23. The topological polar surface area (TPSA) is 63.2 Å². The average molecular weight is 472 g/mol. The Morgan fingerprint density at radius 2 is 1.94 bits per heavy atom. The SMILES string of the molecule is C#Cc1c(F)ccc2cccc(-c3ncc4c(N5CC6CCC(C5)N6)nc(OCC)nc4c3F)c12. The van der Waals surface area contributed by atoms with E-state index >= 15 is 4.39 Å². The lowest BCUT2D eigenvalue weighted by Crippen LogP contribution is -2.51. The molecule has 6 nitrogen and oxygen atoms in total. The monoisotopic (exact) mass is 471 g/mol. The first-order valence-electron chi connectivity index (χ1n) is 11.8. The Morgan fingerprint density at radius 1 is 1.14 bits per heavy atom. The van der Waals surface area contributed by atoms with Crippen molar-refractivity contribution < 1.29 is 13.5 Å². The van der Waals surface area contributed by atoms with Gasteiger partial charge in [-0.2, -0.15) is 9.97 Å². The number of fused-ring (bicyclic) bond motifs is 4. The van der Waals surface area contributed by atoms with Crippen LogP contribution in [0.2, 0.25) is 0 Å². The molecule has 2 bridgehead atoms. The number of pyridine rings is 1. The van der Waals surface area contributed by atoms with Crippen LogP contribution in [-0.4, -0.2) is 46.7 Å². The van der Waals surface area contributed by atoms with Crippen LogP contribution in [0.4, 0.5) is 14.6 Å². The summed E-state index contributed by atoms with van der Waals surface area (Å²) in [5.41, 5.74) is 0.657. The Labute approximate surface area is 201 Å². The summed E-state index contributed by atoms with van der Waals surface area (Å²) >= 11 is 0. The van der Waals surface area contributed by atoms with Crippen molar-refractivity contribution in [2.45, 2.75) is 31.8 Å². The molecule has 2 unspecified atom stereocenters. The summed E-state index contributed by atoms with van der Waals surface area (Å²) in [6.07, 6.45) is 9.43. The molecule has 2 aliphatic heterocycles. The lowest BCUT2D eigenvalue weighted by atomic mass is 9.96.